The van der Waals surface area contributed by atoms with Gasteiger partial charge in [0.2, 0.25) is 0 Å². The summed E-state index contributed by atoms with van der Waals surface area (Å²) in [5, 5.41) is 15.5. The third kappa shape index (κ3) is 2.98. The Bertz CT molecular complexity index is 685. The molecule has 3 rings (SSSR count). The lowest BCUT2D eigenvalue weighted by Gasteiger charge is -2.28. The van der Waals surface area contributed by atoms with Crippen molar-refractivity contribution in [1.29, 1.82) is 0 Å². The Balaban J connectivity index is 1.95. The van der Waals surface area contributed by atoms with Gasteiger partial charge in [-0.1, -0.05) is 0 Å². The molecule has 1 aromatic heterocycles. The topological polar surface area (TPSA) is 77.3 Å². The molecular formula is C14H17N3O3S. The van der Waals surface area contributed by atoms with E-state index in [0.29, 0.717) is 12.3 Å². The molecule has 1 aliphatic heterocycles. The highest BCUT2D eigenvalue weighted by molar-refractivity contribution is 7.18. The lowest BCUT2D eigenvalue weighted by atomic mass is 10.0. The van der Waals surface area contributed by atoms with Crippen LogP contribution in [0.2, 0.25) is 0 Å². The van der Waals surface area contributed by atoms with E-state index in [1.165, 1.54) is 11.3 Å². The van der Waals surface area contributed by atoms with Crippen LogP contribution < -0.4 is 5.32 Å². The van der Waals surface area contributed by atoms with Gasteiger partial charge in [0.1, 0.15) is 5.69 Å². The standard InChI is InChI=1S/C14H17N3O3S/c1-8-5-10(3-4-20-8)16-11-6-12-14(21-9(2)15-12)7-13(11)17(18)19/h6-8,10,16H,3-5H2,1-2H3. The van der Waals surface area contributed by atoms with Crippen molar-refractivity contribution < 1.29 is 9.66 Å². The third-order valence-electron chi connectivity index (χ3n) is 3.65. The summed E-state index contributed by atoms with van der Waals surface area (Å²) >= 11 is 1.48. The Kier molecular flexibility index (Phi) is 3.77. The lowest BCUT2D eigenvalue weighted by Crippen LogP contribution is -2.32. The Labute approximate surface area is 126 Å². The molecule has 0 bridgehead atoms. The normalized spacial score (nSPS) is 22.4. The van der Waals surface area contributed by atoms with Crippen LogP contribution >= 0.6 is 11.3 Å². The van der Waals surface area contributed by atoms with E-state index in [1.54, 1.807) is 12.1 Å². The molecule has 2 atom stereocenters. The van der Waals surface area contributed by atoms with E-state index >= 15 is 0 Å². The first-order valence-corrected chi connectivity index (χ1v) is 7.78. The summed E-state index contributed by atoms with van der Waals surface area (Å²) in [5.74, 6) is 0. The van der Waals surface area contributed by atoms with Crippen LogP contribution in [0.3, 0.4) is 0 Å². The number of benzene rings is 1. The van der Waals surface area contributed by atoms with Crippen LogP contribution in [-0.2, 0) is 4.74 Å². The van der Waals surface area contributed by atoms with Gasteiger partial charge in [0, 0.05) is 18.7 Å². The Hall–Kier alpha value is -1.73. The number of nitro groups is 1. The molecule has 1 saturated heterocycles. The molecule has 0 spiro atoms. The average Bonchev–Trinajstić information content (AvgIpc) is 2.76. The maximum absolute atomic E-state index is 11.3. The molecule has 1 N–H and O–H groups in total. The van der Waals surface area contributed by atoms with Crippen molar-refractivity contribution in [3.63, 3.8) is 0 Å². The van der Waals surface area contributed by atoms with Gasteiger partial charge in [0.15, 0.2) is 0 Å². The van der Waals surface area contributed by atoms with Crippen LogP contribution in [0, 0.1) is 17.0 Å². The minimum absolute atomic E-state index is 0.116. The number of aromatic nitrogens is 1. The van der Waals surface area contributed by atoms with Gasteiger partial charge in [0.25, 0.3) is 5.69 Å². The highest BCUT2D eigenvalue weighted by Crippen LogP contribution is 2.34. The number of ether oxygens (including phenoxy) is 1. The molecule has 2 heterocycles. The van der Waals surface area contributed by atoms with Crippen molar-refractivity contribution in [1.82, 2.24) is 4.98 Å². The number of nitrogens with one attached hydrogen (secondary N) is 1. The fourth-order valence-corrected chi connectivity index (χ4v) is 3.54. The monoisotopic (exact) mass is 307 g/mol. The summed E-state index contributed by atoms with van der Waals surface area (Å²) < 4.78 is 6.36. The van der Waals surface area contributed by atoms with Crippen molar-refractivity contribution in [2.75, 3.05) is 11.9 Å². The van der Waals surface area contributed by atoms with Crippen molar-refractivity contribution in [2.45, 2.75) is 38.8 Å². The number of rotatable bonds is 3. The second-order valence-corrected chi connectivity index (χ2v) is 6.61. The molecule has 112 valence electrons. The van der Waals surface area contributed by atoms with E-state index in [2.05, 4.69) is 10.3 Å². The molecule has 2 unspecified atom stereocenters. The van der Waals surface area contributed by atoms with Gasteiger partial charge >= 0.3 is 0 Å². The van der Waals surface area contributed by atoms with E-state index in [4.69, 9.17) is 4.74 Å². The number of thiazole rings is 1. The summed E-state index contributed by atoms with van der Waals surface area (Å²) in [7, 11) is 0. The van der Waals surface area contributed by atoms with Crippen LogP contribution in [-0.4, -0.2) is 28.7 Å². The molecule has 0 saturated carbocycles. The fraction of sp³-hybridized carbons (Fsp3) is 0.500. The predicted molar refractivity (Wildman–Crippen MR) is 83.1 cm³/mol. The lowest BCUT2D eigenvalue weighted by molar-refractivity contribution is -0.383. The molecule has 0 aliphatic carbocycles. The van der Waals surface area contributed by atoms with E-state index in [-0.39, 0.29) is 22.8 Å². The van der Waals surface area contributed by atoms with Gasteiger partial charge in [-0.15, -0.1) is 11.3 Å². The van der Waals surface area contributed by atoms with Crippen LogP contribution in [0.15, 0.2) is 12.1 Å². The second-order valence-electron chi connectivity index (χ2n) is 5.37. The molecule has 21 heavy (non-hydrogen) atoms. The zero-order valence-electron chi connectivity index (χ0n) is 12.0. The van der Waals surface area contributed by atoms with Crippen molar-refractivity contribution in [3.05, 3.63) is 27.3 Å². The minimum Gasteiger partial charge on any atom is -0.378 e. The first-order chi connectivity index (χ1) is 10.0. The highest BCUT2D eigenvalue weighted by Gasteiger charge is 2.23. The quantitative estimate of drug-likeness (QED) is 0.693. The Morgan fingerprint density at radius 1 is 1.52 bits per heavy atom. The van der Waals surface area contributed by atoms with Gasteiger partial charge < -0.3 is 10.1 Å². The van der Waals surface area contributed by atoms with Crippen LogP contribution in [0.5, 0.6) is 0 Å². The highest BCUT2D eigenvalue weighted by atomic mass is 32.1. The minimum atomic E-state index is -0.334. The fourth-order valence-electron chi connectivity index (χ4n) is 2.69. The molecular weight excluding hydrogens is 290 g/mol. The molecule has 1 aliphatic rings. The van der Waals surface area contributed by atoms with Crippen LogP contribution in [0.1, 0.15) is 24.8 Å². The van der Waals surface area contributed by atoms with Crippen molar-refractivity contribution in [2.24, 2.45) is 0 Å². The van der Waals surface area contributed by atoms with Crippen LogP contribution in [0.4, 0.5) is 11.4 Å². The number of hydrogen-bond acceptors (Lipinski definition) is 6. The number of aryl methyl sites for hydroxylation is 1. The first kappa shape index (κ1) is 14.2. The number of anilines is 1. The number of fused-ring (bicyclic) bond motifs is 1. The van der Waals surface area contributed by atoms with Gasteiger partial charge in [0.05, 0.1) is 26.3 Å². The van der Waals surface area contributed by atoms with E-state index in [1.807, 2.05) is 13.8 Å². The van der Waals surface area contributed by atoms with Crippen molar-refractivity contribution in [3.8, 4) is 0 Å². The molecule has 1 aromatic carbocycles. The number of hydrogen-bond donors (Lipinski definition) is 1. The maximum Gasteiger partial charge on any atom is 0.293 e. The van der Waals surface area contributed by atoms with Gasteiger partial charge in [-0.2, -0.15) is 0 Å². The van der Waals surface area contributed by atoms with Gasteiger partial charge in [-0.05, 0) is 32.8 Å². The summed E-state index contributed by atoms with van der Waals surface area (Å²) in [6.07, 6.45) is 1.89. The largest absolute Gasteiger partial charge is 0.378 e. The zero-order valence-corrected chi connectivity index (χ0v) is 12.8. The first-order valence-electron chi connectivity index (χ1n) is 6.96. The molecule has 0 amide bonds. The third-order valence-corrected chi connectivity index (χ3v) is 4.59. The summed E-state index contributed by atoms with van der Waals surface area (Å²) in [5.41, 5.74) is 1.48. The molecule has 1 fully saturated rings. The van der Waals surface area contributed by atoms with Gasteiger partial charge in [-0.25, -0.2) is 4.98 Å². The SMILES string of the molecule is Cc1nc2cc(NC3CCOC(C)C3)c([N+](=O)[O-])cc2s1. The molecule has 2 aromatic rings. The Morgan fingerprint density at radius 2 is 2.33 bits per heavy atom. The second kappa shape index (κ2) is 5.57. The van der Waals surface area contributed by atoms with Crippen LogP contribution in [0.25, 0.3) is 10.2 Å². The predicted octanol–water partition coefficient (Wildman–Crippen LogP) is 3.49. The smallest absolute Gasteiger partial charge is 0.293 e. The van der Waals surface area contributed by atoms with E-state index < -0.39 is 0 Å². The number of nitrogens with zero attached hydrogens (tertiary/aromatic N) is 2. The maximum atomic E-state index is 11.3. The number of nitro benzene ring substituents is 1. The molecule has 6 nitrogen and oxygen atoms in total. The molecule has 7 heteroatoms. The summed E-state index contributed by atoms with van der Waals surface area (Å²) in [6.45, 7) is 4.61. The van der Waals surface area contributed by atoms with Gasteiger partial charge in [-0.3, -0.25) is 10.1 Å². The van der Waals surface area contributed by atoms with E-state index in [9.17, 15) is 10.1 Å². The Morgan fingerprint density at radius 3 is 3.05 bits per heavy atom. The van der Waals surface area contributed by atoms with E-state index in [0.717, 1.165) is 28.1 Å². The average molecular weight is 307 g/mol. The summed E-state index contributed by atoms with van der Waals surface area (Å²) in [4.78, 5) is 15.4. The zero-order chi connectivity index (χ0) is 15.0. The van der Waals surface area contributed by atoms with Crippen molar-refractivity contribution >= 4 is 32.9 Å². The molecule has 0 radical (unpaired) electrons. The summed E-state index contributed by atoms with van der Waals surface area (Å²) in [6, 6.07) is 3.60.